The first-order valence-electron chi connectivity index (χ1n) is 11.1. The minimum absolute atomic E-state index is 0.0879. The van der Waals surface area contributed by atoms with Gasteiger partial charge in [-0.3, -0.25) is 0 Å². The number of amides is 1. The molecule has 1 aliphatic rings. The van der Waals surface area contributed by atoms with Gasteiger partial charge in [-0.15, -0.1) is 0 Å². The fraction of sp³-hybridized carbons (Fsp3) is 0.667. The molecule has 174 valence electrons. The second kappa shape index (κ2) is 11.3. The number of nitrogens with zero attached hydrogens (tertiary/aromatic N) is 1. The predicted octanol–water partition coefficient (Wildman–Crippen LogP) is 3.69. The van der Waals surface area contributed by atoms with Crippen molar-refractivity contribution >= 4 is 31.5 Å². The third-order valence-electron chi connectivity index (χ3n) is 5.55. The van der Waals surface area contributed by atoms with E-state index in [1.807, 2.05) is 58.0 Å². The molecule has 0 aromatic heterocycles. The molecule has 1 aromatic carbocycles. The van der Waals surface area contributed by atoms with Crippen molar-refractivity contribution < 1.29 is 24.2 Å². The van der Waals surface area contributed by atoms with Gasteiger partial charge in [-0.05, 0) is 0 Å². The Labute approximate surface area is 192 Å². The molecule has 0 spiro atoms. The van der Waals surface area contributed by atoms with Gasteiger partial charge in [0.1, 0.15) is 0 Å². The van der Waals surface area contributed by atoms with Gasteiger partial charge in [0.05, 0.1) is 0 Å². The Kier molecular flexibility index (Phi) is 9.41. The number of aliphatic hydroxyl groups is 1. The van der Waals surface area contributed by atoms with E-state index in [4.69, 9.17) is 9.47 Å². The summed E-state index contributed by atoms with van der Waals surface area (Å²) in [5, 5.41) is 11.0. The summed E-state index contributed by atoms with van der Waals surface area (Å²) in [6.07, 6.45) is 3.09. The first kappa shape index (κ1) is 25.7. The predicted molar refractivity (Wildman–Crippen MR) is 123 cm³/mol. The van der Waals surface area contributed by atoms with Crippen molar-refractivity contribution in [1.82, 2.24) is 4.90 Å². The summed E-state index contributed by atoms with van der Waals surface area (Å²) >= 11 is -0.186. The Balaban J connectivity index is 2.13. The van der Waals surface area contributed by atoms with E-state index in [-0.39, 0.29) is 33.1 Å². The van der Waals surface area contributed by atoms with Crippen LogP contribution in [0, 0.1) is 0 Å². The van der Waals surface area contributed by atoms with Crippen LogP contribution in [0.2, 0.25) is 4.31 Å². The van der Waals surface area contributed by atoms with Gasteiger partial charge in [0.15, 0.2) is 0 Å². The third kappa shape index (κ3) is 7.51. The number of rotatable bonds is 8. The maximum atomic E-state index is 12.8. The number of hydrogen-bond donors (Lipinski definition) is 1. The maximum absolute atomic E-state index is 12.8. The summed E-state index contributed by atoms with van der Waals surface area (Å²) < 4.78 is 11.1. The van der Waals surface area contributed by atoms with Gasteiger partial charge in [-0.2, -0.15) is 0 Å². The first-order chi connectivity index (χ1) is 14.6. The number of ether oxygens (including phenoxy) is 2. The molecule has 0 aliphatic carbocycles. The van der Waals surface area contributed by atoms with Crippen LogP contribution in [0.4, 0.5) is 4.79 Å². The molecule has 1 fully saturated rings. The molecule has 1 amide bonds. The second-order valence-corrected chi connectivity index (χ2v) is 12.2. The van der Waals surface area contributed by atoms with Crippen LogP contribution in [0.1, 0.15) is 66.2 Å². The summed E-state index contributed by atoms with van der Waals surface area (Å²) in [5.74, 6) is -0.273. The summed E-state index contributed by atoms with van der Waals surface area (Å²) in [6.45, 7) is 8.18. The molecule has 0 bridgehead atoms. The molecule has 7 heteroatoms. The van der Waals surface area contributed by atoms with Crippen LogP contribution in [0.5, 0.6) is 0 Å². The Bertz CT molecular complexity index is 720. The third-order valence-corrected chi connectivity index (χ3v) is 8.74. The molecule has 3 atom stereocenters. The van der Waals surface area contributed by atoms with Crippen LogP contribution < -0.4 is 4.46 Å². The van der Waals surface area contributed by atoms with Crippen molar-refractivity contribution in [2.24, 2.45) is 0 Å². The first-order valence-corrected chi connectivity index (χ1v) is 12.8. The van der Waals surface area contributed by atoms with E-state index < -0.39 is 16.0 Å². The number of carbonyl (C=O) groups is 2. The second-order valence-electron chi connectivity index (χ2n) is 9.17. The summed E-state index contributed by atoms with van der Waals surface area (Å²) in [7, 11) is 1.41. The van der Waals surface area contributed by atoms with Crippen LogP contribution in [0.3, 0.4) is 0 Å². The van der Waals surface area contributed by atoms with Crippen molar-refractivity contribution in [1.29, 1.82) is 0 Å². The molecule has 31 heavy (non-hydrogen) atoms. The van der Waals surface area contributed by atoms with Crippen LogP contribution in [-0.4, -0.2) is 68.4 Å². The van der Waals surface area contributed by atoms with Gasteiger partial charge in [-0.25, -0.2) is 0 Å². The van der Waals surface area contributed by atoms with E-state index in [1.165, 1.54) is 7.11 Å². The molecule has 0 radical (unpaired) electrons. The number of aliphatic hydroxyl groups excluding tert-OH is 1. The van der Waals surface area contributed by atoms with E-state index in [9.17, 15) is 14.7 Å². The number of likely N-dealkylation sites (tertiary alicyclic amines) is 1. The quantitative estimate of drug-likeness (QED) is 0.437. The Morgan fingerprint density at radius 1 is 1.23 bits per heavy atom. The van der Waals surface area contributed by atoms with Crippen LogP contribution in [0.25, 0.3) is 0 Å². The number of carbonyl (C=O) groups excluding carboxylic acids is 2. The van der Waals surface area contributed by atoms with Crippen molar-refractivity contribution in [3.63, 3.8) is 0 Å². The van der Waals surface area contributed by atoms with Crippen molar-refractivity contribution in [2.75, 3.05) is 13.7 Å². The molecule has 1 aliphatic heterocycles. The molecule has 0 saturated carbocycles. The Hall–Kier alpha value is -1.56. The molecule has 1 heterocycles. The minimum atomic E-state index is -0.742. The zero-order chi connectivity index (χ0) is 23.1. The van der Waals surface area contributed by atoms with Crippen LogP contribution >= 0.6 is 0 Å². The molecule has 6 nitrogen and oxygen atoms in total. The molecule has 2 rings (SSSR count). The molecule has 1 aromatic rings. The van der Waals surface area contributed by atoms with E-state index in [0.29, 0.717) is 25.8 Å². The number of esters is 1. The van der Waals surface area contributed by atoms with Gasteiger partial charge >= 0.3 is 193 Å². The van der Waals surface area contributed by atoms with Crippen molar-refractivity contribution in [3.05, 3.63) is 30.3 Å². The van der Waals surface area contributed by atoms with Gasteiger partial charge in [0.25, 0.3) is 0 Å². The molecule has 1 N–H and O–H groups in total. The number of hydrogen-bond acceptors (Lipinski definition) is 5. The zero-order valence-corrected chi connectivity index (χ0v) is 21.1. The van der Waals surface area contributed by atoms with E-state index in [1.54, 1.807) is 4.90 Å². The van der Waals surface area contributed by atoms with Gasteiger partial charge in [0.2, 0.25) is 0 Å². The van der Waals surface area contributed by atoms with Gasteiger partial charge < -0.3 is 0 Å². The summed E-state index contributed by atoms with van der Waals surface area (Å²) in [6, 6.07) is 9.83. The summed E-state index contributed by atoms with van der Waals surface area (Å²) in [4.78, 5) is 27.3. The van der Waals surface area contributed by atoms with Crippen LogP contribution in [0.15, 0.2) is 30.3 Å². The molecule has 1 saturated heterocycles. The van der Waals surface area contributed by atoms with E-state index in [2.05, 4.69) is 0 Å². The fourth-order valence-electron chi connectivity index (χ4n) is 4.01. The van der Waals surface area contributed by atoms with Crippen LogP contribution in [-0.2, 0) is 14.3 Å². The molecular weight excluding hydrogens is 461 g/mol. The van der Waals surface area contributed by atoms with E-state index >= 15 is 0 Å². The van der Waals surface area contributed by atoms with Gasteiger partial charge in [-0.1, -0.05) is 0 Å². The monoisotopic (exact) mass is 499 g/mol. The Morgan fingerprint density at radius 2 is 1.90 bits per heavy atom. The topological polar surface area (TPSA) is 76.1 Å². The normalized spacial score (nSPS) is 19.9. The standard InChI is InChI=1S/C24H37NO5Se/c1-6-24(21(27)29-5,31-20-13-8-7-9-14-20)17-19(26)16-18-12-10-11-15-25(18)22(28)30-23(2,3)4/h7-9,13-14,18-19,26H,6,10-12,15-17H2,1-5H3. The molecule has 3 unspecified atom stereocenters. The fourth-order valence-corrected chi connectivity index (χ4v) is 6.80. The number of benzene rings is 1. The summed E-state index contributed by atoms with van der Waals surface area (Å²) in [5.41, 5.74) is -0.557. The van der Waals surface area contributed by atoms with Crippen molar-refractivity contribution in [2.45, 2.75) is 88.3 Å². The Morgan fingerprint density at radius 3 is 2.48 bits per heavy atom. The SMILES string of the molecule is CCC(CC(O)CC1CCCCN1C(=O)OC(C)(C)C)([Se]c1ccccc1)C(=O)OC. The molecular formula is C24H37NO5Se. The van der Waals surface area contributed by atoms with Gasteiger partial charge in [0, 0.05) is 0 Å². The zero-order valence-electron chi connectivity index (χ0n) is 19.4. The number of methoxy groups -OCH3 is 1. The average Bonchev–Trinajstić information content (AvgIpc) is 2.72. The number of piperidine rings is 1. The average molecular weight is 499 g/mol. The van der Waals surface area contributed by atoms with E-state index in [0.717, 1.165) is 23.7 Å². The van der Waals surface area contributed by atoms with Crippen molar-refractivity contribution in [3.8, 4) is 0 Å².